The van der Waals surface area contributed by atoms with Gasteiger partial charge in [-0.15, -0.1) is 11.3 Å². The molecule has 0 aliphatic carbocycles. The maximum atomic E-state index is 12.4. The van der Waals surface area contributed by atoms with Crippen molar-refractivity contribution in [3.05, 3.63) is 50.7 Å². The van der Waals surface area contributed by atoms with Gasteiger partial charge >= 0.3 is 0 Å². The van der Waals surface area contributed by atoms with Crippen LogP contribution in [0.3, 0.4) is 0 Å². The highest BCUT2D eigenvalue weighted by Gasteiger charge is 2.13. The van der Waals surface area contributed by atoms with Gasteiger partial charge in [0, 0.05) is 10.6 Å². The number of hydrogen-bond donors (Lipinski definition) is 2. The number of hydrogen-bond acceptors (Lipinski definition) is 3. The molecule has 2 rings (SSSR count). The van der Waals surface area contributed by atoms with Crippen molar-refractivity contribution in [2.24, 2.45) is 0 Å². The van der Waals surface area contributed by atoms with E-state index in [4.69, 9.17) is 0 Å². The van der Waals surface area contributed by atoms with Gasteiger partial charge < -0.3 is 10.4 Å². The second kappa shape index (κ2) is 6.87. The van der Waals surface area contributed by atoms with E-state index in [1.54, 1.807) is 0 Å². The summed E-state index contributed by atoms with van der Waals surface area (Å²) in [4.78, 5) is 14.3. The molecule has 0 atom stereocenters. The van der Waals surface area contributed by atoms with Crippen LogP contribution in [0.4, 0.5) is 5.69 Å². The van der Waals surface area contributed by atoms with Crippen LogP contribution >= 0.6 is 11.3 Å². The Labute approximate surface area is 129 Å². The fourth-order valence-corrected chi connectivity index (χ4v) is 3.20. The topological polar surface area (TPSA) is 49.3 Å². The van der Waals surface area contributed by atoms with Gasteiger partial charge in [0.25, 0.3) is 5.91 Å². The van der Waals surface area contributed by atoms with Gasteiger partial charge in [0.05, 0.1) is 11.5 Å². The second-order valence-corrected chi connectivity index (χ2v) is 6.46. The van der Waals surface area contributed by atoms with Crippen LogP contribution in [0.1, 0.15) is 44.6 Å². The SMILES string of the molecule is CCCc1cc(C(=O)Nc2cc(CO)ccc2C)sc1C. The fraction of sp³-hybridized carbons (Fsp3) is 0.353. The molecule has 0 unspecified atom stereocenters. The summed E-state index contributed by atoms with van der Waals surface area (Å²) in [7, 11) is 0. The fourth-order valence-electron chi connectivity index (χ4n) is 2.24. The molecule has 1 heterocycles. The normalized spacial score (nSPS) is 10.7. The summed E-state index contributed by atoms with van der Waals surface area (Å²) in [5, 5.41) is 12.1. The Morgan fingerprint density at radius 3 is 2.71 bits per heavy atom. The molecule has 1 aromatic carbocycles. The maximum absolute atomic E-state index is 12.4. The van der Waals surface area contributed by atoms with Gasteiger partial charge in [-0.1, -0.05) is 25.5 Å². The van der Waals surface area contributed by atoms with E-state index in [9.17, 15) is 9.90 Å². The Bertz CT molecular complexity index is 646. The minimum atomic E-state index is -0.0800. The number of thiophene rings is 1. The third-order valence-electron chi connectivity index (χ3n) is 3.50. The average Bonchev–Trinajstić information content (AvgIpc) is 2.83. The molecule has 0 aliphatic rings. The lowest BCUT2D eigenvalue weighted by Gasteiger charge is -2.09. The number of aliphatic hydroxyl groups is 1. The summed E-state index contributed by atoms with van der Waals surface area (Å²) in [5.74, 6) is -0.0800. The van der Waals surface area contributed by atoms with Crippen molar-refractivity contribution in [3.63, 3.8) is 0 Å². The number of benzene rings is 1. The van der Waals surface area contributed by atoms with Crippen LogP contribution in [-0.2, 0) is 13.0 Å². The van der Waals surface area contributed by atoms with Crippen molar-refractivity contribution in [1.82, 2.24) is 0 Å². The average molecular weight is 303 g/mol. The van der Waals surface area contributed by atoms with E-state index in [-0.39, 0.29) is 12.5 Å². The van der Waals surface area contributed by atoms with Gasteiger partial charge in [-0.25, -0.2) is 0 Å². The van der Waals surface area contributed by atoms with E-state index in [1.807, 2.05) is 31.2 Å². The van der Waals surface area contributed by atoms with Gasteiger partial charge in [-0.2, -0.15) is 0 Å². The van der Waals surface area contributed by atoms with Crippen LogP contribution in [0, 0.1) is 13.8 Å². The van der Waals surface area contributed by atoms with Gasteiger partial charge in [0.1, 0.15) is 0 Å². The number of carbonyl (C=O) groups is 1. The molecule has 0 spiro atoms. The molecule has 1 amide bonds. The smallest absolute Gasteiger partial charge is 0.265 e. The summed E-state index contributed by atoms with van der Waals surface area (Å²) >= 11 is 1.54. The highest BCUT2D eigenvalue weighted by atomic mass is 32.1. The molecule has 0 bridgehead atoms. The van der Waals surface area contributed by atoms with Crippen molar-refractivity contribution >= 4 is 22.9 Å². The number of rotatable bonds is 5. The molecular weight excluding hydrogens is 282 g/mol. The van der Waals surface area contributed by atoms with Crippen LogP contribution < -0.4 is 5.32 Å². The minimum absolute atomic E-state index is 0.0259. The van der Waals surface area contributed by atoms with Crippen LogP contribution in [0.5, 0.6) is 0 Å². The van der Waals surface area contributed by atoms with Gasteiger partial charge in [-0.3, -0.25) is 4.79 Å². The van der Waals surface area contributed by atoms with Crippen molar-refractivity contribution < 1.29 is 9.90 Å². The molecule has 2 aromatic rings. The van der Waals surface area contributed by atoms with Crippen molar-refractivity contribution in [3.8, 4) is 0 Å². The van der Waals surface area contributed by atoms with Crippen molar-refractivity contribution in [2.45, 2.75) is 40.2 Å². The summed E-state index contributed by atoms with van der Waals surface area (Å²) in [6.45, 7) is 6.12. The van der Waals surface area contributed by atoms with E-state index in [0.29, 0.717) is 0 Å². The Hall–Kier alpha value is -1.65. The number of amides is 1. The predicted octanol–water partition coefficient (Wildman–Crippen LogP) is 4.06. The quantitative estimate of drug-likeness (QED) is 0.875. The third kappa shape index (κ3) is 3.71. The van der Waals surface area contributed by atoms with Gasteiger partial charge in [0.15, 0.2) is 0 Å². The van der Waals surface area contributed by atoms with E-state index < -0.39 is 0 Å². The molecule has 1 aromatic heterocycles. The number of nitrogens with one attached hydrogen (secondary N) is 1. The van der Waals surface area contributed by atoms with Crippen LogP contribution in [0.2, 0.25) is 0 Å². The lowest BCUT2D eigenvalue weighted by molar-refractivity contribution is 0.103. The summed E-state index contributed by atoms with van der Waals surface area (Å²) in [5.41, 5.74) is 3.80. The highest BCUT2D eigenvalue weighted by Crippen LogP contribution is 2.25. The monoisotopic (exact) mass is 303 g/mol. The zero-order valence-electron chi connectivity index (χ0n) is 12.7. The van der Waals surface area contributed by atoms with Crippen molar-refractivity contribution in [1.29, 1.82) is 0 Å². The lowest BCUT2D eigenvalue weighted by Crippen LogP contribution is -2.11. The Kier molecular flexibility index (Phi) is 5.15. The highest BCUT2D eigenvalue weighted by molar-refractivity contribution is 7.14. The molecule has 0 radical (unpaired) electrons. The summed E-state index contributed by atoms with van der Waals surface area (Å²) in [6, 6.07) is 7.58. The van der Waals surface area contributed by atoms with Crippen LogP contribution in [-0.4, -0.2) is 11.0 Å². The van der Waals surface area contributed by atoms with Gasteiger partial charge in [0.2, 0.25) is 0 Å². The first-order valence-electron chi connectivity index (χ1n) is 7.16. The molecule has 21 heavy (non-hydrogen) atoms. The lowest BCUT2D eigenvalue weighted by atomic mass is 10.1. The first-order valence-corrected chi connectivity index (χ1v) is 7.97. The van der Waals surface area contributed by atoms with Crippen LogP contribution in [0.25, 0.3) is 0 Å². The second-order valence-electron chi connectivity index (χ2n) is 5.20. The largest absolute Gasteiger partial charge is 0.392 e. The number of aryl methyl sites for hydroxylation is 3. The summed E-state index contributed by atoms with van der Waals surface area (Å²) in [6.07, 6.45) is 2.09. The van der Waals surface area contributed by atoms with E-state index in [1.165, 1.54) is 21.8 Å². The van der Waals surface area contributed by atoms with E-state index in [2.05, 4.69) is 19.2 Å². The molecule has 3 nitrogen and oxygen atoms in total. The molecular formula is C17H21NO2S. The molecule has 0 fully saturated rings. The maximum Gasteiger partial charge on any atom is 0.265 e. The molecule has 0 saturated heterocycles. The standard InChI is InChI=1S/C17H21NO2S/c1-4-5-14-9-16(21-12(14)3)17(20)18-15-8-13(10-19)7-6-11(15)2/h6-9,19H,4-5,10H2,1-3H3,(H,18,20). The minimum Gasteiger partial charge on any atom is -0.392 e. The zero-order valence-corrected chi connectivity index (χ0v) is 13.5. The van der Waals surface area contributed by atoms with Crippen molar-refractivity contribution in [2.75, 3.05) is 5.32 Å². The predicted molar refractivity (Wildman–Crippen MR) is 88.1 cm³/mol. The Morgan fingerprint density at radius 2 is 2.05 bits per heavy atom. The third-order valence-corrected chi connectivity index (χ3v) is 4.59. The first-order chi connectivity index (χ1) is 10.0. The van der Waals surface area contributed by atoms with Gasteiger partial charge in [-0.05, 0) is 49.1 Å². The van der Waals surface area contributed by atoms with E-state index in [0.717, 1.165) is 34.5 Å². The number of aliphatic hydroxyl groups excluding tert-OH is 1. The first kappa shape index (κ1) is 15.7. The summed E-state index contributed by atoms with van der Waals surface area (Å²) < 4.78 is 0. The van der Waals surface area contributed by atoms with E-state index >= 15 is 0 Å². The zero-order chi connectivity index (χ0) is 15.4. The molecule has 0 saturated carbocycles. The Balaban J connectivity index is 2.19. The Morgan fingerprint density at radius 1 is 1.29 bits per heavy atom. The molecule has 4 heteroatoms. The number of anilines is 1. The molecule has 2 N–H and O–H groups in total. The van der Waals surface area contributed by atoms with Crippen LogP contribution in [0.15, 0.2) is 24.3 Å². The molecule has 112 valence electrons. The molecule has 0 aliphatic heterocycles. The number of carbonyl (C=O) groups excluding carboxylic acids is 1.